The minimum Gasteiger partial charge on any atom is -0.508 e. The van der Waals surface area contributed by atoms with E-state index in [0.29, 0.717) is 0 Å². The number of aliphatic hydroxyl groups is 5. The zero-order valence-electron chi connectivity index (χ0n) is 15.8. The molecule has 1 aromatic rings. The minimum atomic E-state index is -1.63. The molecule has 3 aliphatic rings. The van der Waals surface area contributed by atoms with Gasteiger partial charge in [0.2, 0.25) is 6.29 Å². The lowest BCUT2D eigenvalue weighted by Gasteiger charge is -2.36. The molecule has 8 N–H and O–H groups in total. The van der Waals surface area contributed by atoms with Gasteiger partial charge in [-0.3, -0.25) is 0 Å². The lowest BCUT2D eigenvalue weighted by atomic mass is 9.97. The van der Waals surface area contributed by atoms with Crippen molar-refractivity contribution in [2.45, 2.75) is 30.7 Å². The lowest BCUT2D eigenvalue weighted by molar-refractivity contribution is -0.257. The molecule has 0 bridgehead atoms. The van der Waals surface area contributed by atoms with Gasteiger partial charge in [-0.15, -0.1) is 0 Å². The number of ether oxygens (including phenoxy) is 3. The second-order valence-electron chi connectivity index (χ2n) is 7.18. The number of fused-ring (bicyclic) bond motifs is 1. The molecule has 0 amide bonds. The van der Waals surface area contributed by atoms with Gasteiger partial charge in [0.25, 0.3) is 0 Å². The van der Waals surface area contributed by atoms with E-state index in [-0.39, 0.29) is 40.8 Å². The van der Waals surface area contributed by atoms with Crippen LogP contribution in [-0.2, 0) is 14.2 Å². The van der Waals surface area contributed by atoms with Crippen LogP contribution in [0.1, 0.15) is 5.56 Å². The third-order valence-corrected chi connectivity index (χ3v) is 4.99. The predicted octanol–water partition coefficient (Wildman–Crippen LogP) is 0.150. The third-order valence-electron chi connectivity index (χ3n) is 4.99. The van der Waals surface area contributed by atoms with E-state index >= 15 is 0 Å². The van der Waals surface area contributed by atoms with Crippen molar-refractivity contribution in [2.75, 3.05) is 6.61 Å². The highest BCUT2D eigenvalue weighted by Gasteiger charge is 2.40. The molecule has 0 spiro atoms. The molecule has 2 heterocycles. The number of phenolic OH excluding ortho intramolecular Hbond substituents is 3. The Kier molecular flexibility index (Phi) is 5.19. The summed E-state index contributed by atoms with van der Waals surface area (Å²) >= 11 is 0. The number of hydrogen-bond acceptors (Lipinski definition) is 11. The van der Waals surface area contributed by atoms with Crippen LogP contribution >= 0.6 is 0 Å². The molecule has 11 heteroatoms. The lowest BCUT2D eigenvalue weighted by Crippen LogP contribution is -2.53. The van der Waals surface area contributed by atoms with Gasteiger partial charge in [-0.2, -0.15) is 0 Å². The van der Waals surface area contributed by atoms with Gasteiger partial charge in [0.15, 0.2) is 28.8 Å². The van der Waals surface area contributed by atoms with E-state index in [4.69, 9.17) is 14.2 Å². The summed E-state index contributed by atoms with van der Waals surface area (Å²) in [5.41, 5.74) is 0.237. The first-order chi connectivity index (χ1) is 14.7. The van der Waals surface area contributed by atoms with Crippen LogP contribution in [0, 0.1) is 0 Å². The fourth-order valence-electron chi connectivity index (χ4n) is 3.35. The maximum absolute atomic E-state index is 10.2. The average molecular weight is 436 g/mol. The molecule has 2 aliphatic heterocycles. The van der Waals surface area contributed by atoms with Crippen molar-refractivity contribution in [1.82, 2.24) is 0 Å². The second-order valence-corrected chi connectivity index (χ2v) is 7.18. The van der Waals surface area contributed by atoms with Crippen LogP contribution in [0.5, 0.6) is 17.2 Å². The summed E-state index contributed by atoms with van der Waals surface area (Å²) in [7, 11) is 0. The topological polar surface area (TPSA) is 190 Å². The SMILES string of the molecule is OC1=CC2OC(c3cc(O)c(O)c(O)c3)=C(O[C@@H]3OC[C@H](O)[C@H](O)[C@H]3O)C=C2C(O)=C1. The minimum absolute atomic E-state index is 0.0471. The fourth-order valence-corrected chi connectivity index (χ4v) is 3.35. The van der Waals surface area contributed by atoms with Gasteiger partial charge in [-0.1, -0.05) is 0 Å². The zero-order valence-corrected chi connectivity index (χ0v) is 15.8. The molecule has 11 nitrogen and oxygen atoms in total. The highest BCUT2D eigenvalue weighted by atomic mass is 16.7. The van der Waals surface area contributed by atoms with Gasteiger partial charge in [-0.25, -0.2) is 0 Å². The van der Waals surface area contributed by atoms with Gasteiger partial charge in [0, 0.05) is 23.3 Å². The van der Waals surface area contributed by atoms with E-state index in [1.165, 1.54) is 12.2 Å². The first-order valence-corrected chi connectivity index (χ1v) is 9.17. The quantitative estimate of drug-likeness (QED) is 0.301. The van der Waals surface area contributed by atoms with Crippen molar-refractivity contribution < 1.29 is 55.1 Å². The molecule has 0 aromatic heterocycles. The van der Waals surface area contributed by atoms with Gasteiger partial charge in [-0.05, 0) is 18.2 Å². The highest BCUT2D eigenvalue weighted by molar-refractivity contribution is 5.72. The smallest absolute Gasteiger partial charge is 0.229 e. The molecule has 166 valence electrons. The number of allylic oxidation sites excluding steroid dienone is 2. The Bertz CT molecular complexity index is 999. The van der Waals surface area contributed by atoms with E-state index in [1.807, 2.05) is 0 Å². The van der Waals surface area contributed by atoms with Crippen molar-refractivity contribution in [3.63, 3.8) is 0 Å². The summed E-state index contributed by atoms with van der Waals surface area (Å²) in [5, 5.41) is 79.0. The Balaban J connectivity index is 1.78. The van der Waals surface area contributed by atoms with Crippen molar-refractivity contribution in [2.24, 2.45) is 0 Å². The molecule has 1 fully saturated rings. The molecule has 1 unspecified atom stereocenters. The Labute approximate surface area is 174 Å². The van der Waals surface area contributed by atoms with E-state index in [1.54, 1.807) is 0 Å². The normalized spacial score (nSPS) is 30.5. The molecule has 4 rings (SSSR count). The van der Waals surface area contributed by atoms with Crippen LogP contribution in [0.15, 0.2) is 53.2 Å². The summed E-state index contributed by atoms with van der Waals surface area (Å²) in [4.78, 5) is 0. The van der Waals surface area contributed by atoms with Gasteiger partial charge in [0.1, 0.15) is 35.9 Å². The first-order valence-electron chi connectivity index (χ1n) is 9.17. The zero-order chi connectivity index (χ0) is 22.4. The van der Waals surface area contributed by atoms with Crippen molar-refractivity contribution in [3.05, 3.63) is 58.8 Å². The fraction of sp³-hybridized carbons (Fsp3) is 0.300. The molecule has 0 radical (unpaired) electrons. The highest BCUT2D eigenvalue weighted by Crippen LogP contribution is 2.42. The van der Waals surface area contributed by atoms with Gasteiger partial charge >= 0.3 is 0 Å². The van der Waals surface area contributed by atoms with E-state index in [0.717, 1.165) is 18.2 Å². The summed E-state index contributed by atoms with van der Waals surface area (Å²) in [6.45, 7) is -0.325. The molecule has 1 aromatic carbocycles. The van der Waals surface area contributed by atoms with Crippen molar-refractivity contribution in [3.8, 4) is 17.2 Å². The van der Waals surface area contributed by atoms with Gasteiger partial charge < -0.3 is 55.1 Å². The number of aliphatic hydroxyl groups excluding tert-OH is 5. The van der Waals surface area contributed by atoms with Crippen LogP contribution < -0.4 is 0 Å². The van der Waals surface area contributed by atoms with Crippen LogP contribution in [-0.4, -0.2) is 78.2 Å². The van der Waals surface area contributed by atoms with Crippen LogP contribution in [0.25, 0.3) is 5.76 Å². The summed E-state index contributed by atoms with van der Waals surface area (Å²) in [6.07, 6.45) is -3.20. The Morgan fingerprint density at radius 2 is 1.58 bits per heavy atom. The van der Waals surface area contributed by atoms with E-state index in [2.05, 4.69) is 0 Å². The Morgan fingerprint density at radius 1 is 0.903 bits per heavy atom. The summed E-state index contributed by atoms with van der Waals surface area (Å²) < 4.78 is 16.7. The molecule has 5 atom stereocenters. The third kappa shape index (κ3) is 3.75. The molecule has 1 aliphatic carbocycles. The number of hydrogen-bond donors (Lipinski definition) is 8. The Hall–Kier alpha value is -3.38. The largest absolute Gasteiger partial charge is 0.508 e. The monoisotopic (exact) mass is 436 g/mol. The van der Waals surface area contributed by atoms with Gasteiger partial charge in [0.05, 0.1) is 6.61 Å². The number of aromatic hydroxyl groups is 3. The summed E-state index contributed by atoms with van der Waals surface area (Å²) in [6, 6.07) is 2.15. The van der Waals surface area contributed by atoms with Crippen LogP contribution in [0.3, 0.4) is 0 Å². The molecule has 1 saturated heterocycles. The Morgan fingerprint density at radius 3 is 2.26 bits per heavy atom. The predicted molar refractivity (Wildman–Crippen MR) is 102 cm³/mol. The molecule has 0 saturated carbocycles. The summed E-state index contributed by atoms with van der Waals surface area (Å²) in [5.74, 6) is -2.87. The number of rotatable bonds is 3. The molecular weight excluding hydrogens is 416 g/mol. The van der Waals surface area contributed by atoms with E-state index < -0.39 is 48.0 Å². The molecular formula is C20H20O11. The maximum atomic E-state index is 10.2. The van der Waals surface area contributed by atoms with Crippen molar-refractivity contribution >= 4 is 5.76 Å². The molecule has 31 heavy (non-hydrogen) atoms. The second kappa shape index (κ2) is 7.71. The first kappa shape index (κ1) is 20.9. The van der Waals surface area contributed by atoms with Crippen molar-refractivity contribution in [1.29, 1.82) is 0 Å². The average Bonchev–Trinajstić information content (AvgIpc) is 2.72. The maximum Gasteiger partial charge on any atom is 0.229 e. The number of phenols is 3. The van der Waals surface area contributed by atoms with E-state index in [9.17, 15) is 40.9 Å². The van der Waals surface area contributed by atoms with Crippen LogP contribution in [0.2, 0.25) is 0 Å². The standard InChI is InChI=1S/C20H20O11/c21-8-3-10(22)9-5-15(31-20-18(28)17(27)13(25)6-29-20)19(30-14(9)4-8)7-1-11(23)16(26)12(24)2-7/h1-5,13-14,17-18,20-28H,6H2/t13-,14?,17-,18+,20-/m0/s1. The number of benzene rings is 1. The van der Waals surface area contributed by atoms with Crippen LogP contribution in [0.4, 0.5) is 0 Å².